The van der Waals surface area contributed by atoms with Crippen LogP contribution in [0.4, 0.5) is 22.7 Å². The molecule has 0 unspecified atom stereocenters. The van der Waals surface area contributed by atoms with Crippen molar-refractivity contribution in [1.29, 1.82) is 5.26 Å². The lowest BCUT2D eigenvalue weighted by atomic mass is 9.73. The number of nitrogens with zero attached hydrogens (tertiary/aromatic N) is 5. The molecule has 10 aromatic rings. The highest BCUT2D eigenvalue weighted by Crippen LogP contribution is 2.59. The van der Waals surface area contributed by atoms with Gasteiger partial charge in [-0.3, -0.25) is 0 Å². The molecule has 0 atom stereocenters. The van der Waals surface area contributed by atoms with E-state index in [2.05, 4.69) is 184 Å². The molecule has 8 aromatic carbocycles. The Bertz CT molecular complexity index is 3100. The summed E-state index contributed by atoms with van der Waals surface area (Å²) in [5.74, 6) is 0. The van der Waals surface area contributed by atoms with Gasteiger partial charge in [0.15, 0.2) is 0 Å². The van der Waals surface area contributed by atoms with E-state index in [9.17, 15) is 11.8 Å². The monoisotopic (exact) mass is 741 g/mol. The van der Waals surface area contributed by atoms with E-state index >= 15 is 0 Å². The van der Waals surface area contributed by atoms with Gasteiger partial charge in [0, 0.05) is 32.5 Å². The quantitative estimate of drug-likeness (QED) is 0.169. The van der Waals surface area contributed by atoms with E-state index in [0.717, 1.165) is 77.4 Å². The van der Waals surface area contributed by atoms with Crippen LogP contribution in [-0.2, 0) is 5.41 Å². The van der Waals surface area contributed by atoms with E-state index in [4.69, 9.17) is 0 Å². The zero-order valence-corrected chi connectivity index (χ0v) is 32.0. The Kier molecular flexibility index (Phi) is 7.26. The van der Waals surface area contributed by atoms with Gasteiger partial charge in [-0.05, 0) is 53.1 Å². The topological polar surface area (TPSA) is 41.2 Å². The highest BCUT2D eigenvalue weighted by molar-refractivity contribution is 6.15. The summed E-state index contributed by atoms with van der Waals surface area (Å²) in [6.07, 6.45) is 0. The number of anilines is 3. The molecular formula is C53H35N5. The fourth-order valence-corrected chi connectivity index (χ4v) is 9.68. The largest absolute Gasteiger partial charge is 0.317 e. The van der Waals surface area contributed by atoms with Crippen LogP contribution in [-0.4, -0.2) is 9.13 Å². The number of rotatable bonds is 4. The molecule has 2 aromatic heterocycles. The summed E-state index contributed by atoms with van der Waals surface area (Å²) in [5, 5.41) is 16.1. The maximum absolute atomic E-state index is 11.8. The average molecular weight is 742 g/mol. The molecule has 58 heavy (non-hydrogen) atoms. The second-order valence-corrected chi connectivity index (χ2v) is 15.5. The minimum absolute atomic E-state index is 0.339. The van der Waals surface area contributed by atoms with E-state index in [0.29, 0.717) is 28.2 Å². The number of aromatic nitrogens is 2. The summed E-state index contributed by atoms with van der Waals surface area (Å²) in [6.45, 7) is 13.8. The van der Waals surface area contributed by atoms with Gasteiger partial charge in [-0.2, -0.15) is 5.26 Å². The van der Waals surface area contributed by atoms with Crippen LogP contribution < -0.4 is 4.90 Å². The Hall–Kier alpha value is -7.86. The van der Waals surface area contributed by atoms with E-state index in [1.165, 1.54) is 0 Å². The number of fused-ring (bicyclic) bond motifs is 8. The van der Waals surface area contributed by atoms with Crippen molar-refractivity contribution in [2.45, 2.75) is 19.3 Å². The standard InChI is InChI=1S/C53H35N5/c1-53(2)40-25-11-17-31-46(40)58(47-32-18-12-26-41(47)53)52-50(56-42-27-13-7-21-35(42)36-22-8-14-28-43(36)56)39(33-54)48(34-19-5-4-6-20-34)49(55-3)51(52)57-44-29-15-9-23-37(44)38-24-10-16-30-45(38)57/h4-32H,1-2H3. The Morgan fingerprint density at radius 3 is 1.33 bits per heavy atom. The van der Waals surface area contributed by atoms with Crippen LogP contribution in [0, 0.1) is 17.9 Å². The van der Waals surface area contributed by atoms with Gasteiger partial charge in [0.05, 0.1) is 62.6 Å². The lowest BCUT2D eigenvalue weighted by Gasteiger charge is -2.43. The number of para-hydroxylation sites is 6. The van der Waals surface area contributed by atoms with E-state index in [-0.39, 0.29) is 5.41 Å². The molecule has 0 amide bonds. The molecule has 11 rings (SSSR count). The zero-order valence-electron chi connectivity index (χ0n) is 32.0. The van der Waals surface area contributed by atoms with Crippen LogP contribution in [0.3, 0.4) is 0 Å². The molecule has 1 aliphatic rings. The molecule has 0 fully saturated rings. The highest BCUT2D eigenvalue weighted by Gasteiger charge is 2.41. The van der Waals surface area contributed by atoms with Gasteiger partial charge in [0.25, 0.3) is 0 Å². The molecule has 0 aliphatic carbocycles. The summed E-state index contributed by atoms with van der Waals surface area (Å²) >= 11 is 0. The first-order chi connectivity index (χ1) is 28.5. The SMILES string of the molecule is [C-]#[N+]c1c(-c2ccccc2)c(C#N)c(-n2c3ccccc3c3ccccc32)c(N2c3ccccc3C(C)(C)c3ccccc32)c1-n1c2ccccc2c2ccccc21. The molecule has 272 valence electrons. The molecule has 0 N–H and O–H groups in total. The number of hydrogen-bond donors (Lipinski definition) is 0. The number of hydrogen-bond acceptors (Lipinski definition) is 2. The van der Waals surface area contributed by atoms with Crippen molar-refractivity contribution < 1.29 is 0 Å². The van der Waals surface area contributed by atoms with Crippen molar-refractivity contribution in [2.75, 3.05) is 4.90 Å². The van der Waals surface area contributed by atoms with Crippen LogP contribution in [0.2, 0.25) is 0 Å². The molecule has 0 radical (unpaired) electrons. The lowest BCUT2D eigenvalue weighted by molar-refractivity contribution is 0.632. The molecule has 0 spiro atoms. The molecular weight excluding hydrogens is 707 g/mol. The smallest absolute Gasteiger partial charge is 0.221 e. The third-order valence-corrected chi connectivity index (χ3v) is 12.2. The van der Waals surface area contributed by atoms with E-state index in [1.807, 2.05) is 30.3 Å². The average Bonchev–Trinajstić information content (AvgIpc) is 3.79. The van der Waals surface area contributed by atoms with Crippen LogP contribution >= 0.6 is 0 Å². The maximum Gasteiger partial charge on any atom is 0.221 e. The van der Waals surface area contributed by atoms with Gasteiger partial charge in [0.2, 0.25) is 5.69 Å². The second kappa shape index (κ2) is 12.6. The van der Waals surface area contributed by atoms with Crippen LogP contribution in [0.25, 0.3) is 71.0 Å². The zero-order chi connectivity index (χ0) is 39.1. The van der Waals surface area contributed by atoms with Crippen molar-refractivity contribution in [2.24, 2.45) is 0 Å². The summed E-state index contributed by atoms with van der Waals surface area (Å²) in [6, 6.07) is 63.7. The summed E-state index contributed by atoms with van der Waals surface area (Å²) in [5.41, 5.74) is 12.3. The van der Waals surface area contributed by atoms with Crippen LogP contribution in [0.5, 0.6) is 0 Å². The molecule has 0 bridgehead atoms. The van der Waals surface area contributed by atoms with Crippen molar-refractivity contribution in [3.8, 4) is 28.6 Å². The minimum Gasteiger partial charge on any atom is -0.317 e. The third kappa shape index (κ3) is 4.50. The Morgan fingerprint density at radius 1 is 0.483 bits per heavy atom. The van der Waals surface area contributed by atoms with Crippen molar-refractivity contribution in [1.82, 2.24) is 9.13 Å². The predicted molar refractivity (Wildman–Crippen MR) is 238 cm³/mol. The highest BCUT2D eigenvalue weighted by atomic mass is 15.2. The fourth-order valence-electron chi connectivity index (χ4n) is 9.68. The Labute approximate surface area is 336 Å². The van der Waals surface area contributed by atoms with Crippen molar-refractivity contribution in [3.05, 3.63) is 204 Å². The molecule has 5 heteroatoms. The van der Waals surface area contributed by atoms with Gasteiger partial charge in [-0.25, -0.2) is 4.85 Å². The van der Waals surface area contributed by atoms with Gasteiger partial charge in [-0.15, -0.1) is 0 Å². The van der Waals surface area contributed by atoms with E-state index < -0.39 is 0 Å². The third-order valence-electron chi connectivity index (χ3n) is 12.2. The first kappa shape index (κ1) is 33.5. The predicted octanol–water partition coefficient (Wildman–Crippen LogP) is 14.1. The minimum atomic E-state index is -0.339. The Balaban J connectivity index is 1.48. The number of nitriles is 1. The van der Waals surface area contributed by atoms with E-state index in [1.54, 1.807) is 0 Å². The lowest BCUT2D eigenvalue weighted by Crippen LogP contribution is -2.31. The fraction of sp³-hybridized carbons (Fsp3) is 0.0566. The van der Waals surface area contributed by atoms with Crippen molar-refractivity contribution in [3.63, 3.8) is 0 Å². The van der Waals surface area contributed by atoms with Crippen LogP contribution in [0.15, 0.2) is 176 Å². The molecule has 5 nitrogen and oxygen atoms in total. The summed E-state index contributed by atoms with van der Waals surface area (Å²) in [4.78, 5) is 6.86. The molecule has 3 heterocycles. The normalized spacial score (nSPS) is 13.1. The van der Waals surface area contributed by atoms with Gasteiger partial charge in [-0.1, -0.05) is 153 Å². The number of benzene rings is 8. The molecule has 1 aliphatic heterocycles. The summed E-state index contributed by atoms with van der Waals surface area (Å²) < 4.78 is 4.56. The van der Waals surface area contributed by atoms with Gasteiger partial charge >= 0.3 is 0 Å². The molecule has 0 saturated carbocycles. The first-order valence-electron chi connectivity index (χ1n) is 19.6. The van der Waals surface area contributed by atoms with Crippen molar-refractivity contribution >= 4 is 66.4 Å². The first-order valence-corrected chi connectivity index (χ1v) is 19.6. The van der Waals surface area contributed by atoms with Gasteiger partial charge < -0.3 is 14.0 Å². The van der Waals surface area contributed by atoms with Crippen LogP contribution in [0.1, 0.15) is 30.5 Å². The maximum atomic E-state index is 11.8. The summed E-state index contributed by atoms with van der Waals surface area (Å²) in [7, 11) is 0. The second-order valence-electron chi connectivity index (χ2n) is 15.5. The van der Waals surface area contributed by atoms with Gasteiger partial charge in [0.1, 0.15) is 6.07 Å². The molecule has 0 saturated heterocycles. The Morgan fingerprint density at radius 2 is 0.879 bits per heavy atom.